The van der Waals surface area contributed by atoms with E-state index in [9.17, 15) is 9.18 Å². The SMILES string of the molecule is O=C(c1cccc(I)c1F)N1CCCC1. The summed E-state index contributed by atoms with van der Waals surface area (Å²) in [4.78, 5) is 13.6. The van der Waals surface area contributed by atoms with Gasteiger partial charge in [0.1, 0.15) is 5.82 Å². The second-order valence-electron chi connectivity index (χ2n) is 3.60. The van der Waals surface area contributed by atoms with Gasteiger partial charge < -0.3 is 4.90 Å². The minimum Gasteiger partial charge on any atom is -0.339 e. The highest BCUT2D eigenvalue weighted by Gasteiger charge is 2.22. The molecule has 1 aliphatic heterocycles. The van der Waals surface area contributed by atoms with Crippen molar-refractivity contribution in [3.63, 3.8) is 0 Å². The van der Waals surface area contributed by atoms with Crippen molar-refractivity contribution in [3.05, 3.63) is 33.1 Å². The Labute approximate surface area is 102 Å². The average Bonchev–Trinajstić information content (AvgIpc) is 2.74. The lowest BCUT2D eigenvalue weighted by atomic mass is 10.2. The summed E-state index contributed by atoms with van der Waals surface area (Å²) < 4.78 is 14.1. The van der Waals surface area contributed by atoms with Crippen molar-refractivity contribution in [1.29, 1.82) is 0 Å². The standard InChI is InChI=1S/C11H11FINO/c12-10-8(4-3-5-9(10)13)11(15)14-6-1-2-7-14/h3-5H,1-2,6-7H2. The lowest BCUT2D eigenvalue weighted by Gasteiger charge is -2.15. The molecule has 2 nitrogen and oxygen atoms in total. The molecule has 1 heterocycles. The second-order valence-corrected chi connectivity index (χ2v) is 4.76. The van der Waals surface area contributed by atoms with Crippen LogP contribution in [0, 0.1) is 9.39 Å². The summed E-state index contributed by atoms with van der Waals surface area (Å²) in [5, 5.41) is 0. The number of carbonyl (C=O) groups is 1. The van der Waals surface area contributed by atoms with Crippen LogP contribution in [0.3, 0.4) is 0 Å². The lowest BCUT2D eigenvalue weighted by molar-refractivity contribution is 0.0788. The predicted molar refractivity (Wildman–Crippen MR) is 64.3 cm³/mol. The van der Waals surface area contributed by atoms with Gasteiger partial charge in [0.05, 0.1) is 5.56 Å². The number of carbonyl (C=O) groups excluding carboxylic acids is 1. The number of hydrogen-bond acceptors (Lipinski definition) is 1. The summed E-state index contributed by atoms with van der Waals surface area (Å²) in [6, 6.07) is 4.93. The second kappa shape index (κ2) is 4.47. The number of rotatable bonds is 1. The molecule has 1 aromatic carbocycles. The molecule has 0 saturated carbocycles. The van der Waals surface area contributed by atoms with Gasteiger partial charge in [-0.3, -0.25) is 4.79 Å². The molecule has 1 amide bonds. The van der Waals surface area contributed by atoms with Gasteiger partial charge in [-0.2, -0.15) is 0 Å². The van der Waals surface area contributed by atoms with Crippen LogP contribution in [0.4, 0.5) is 4.39 Å². The summed E-state index contributed by atoms with van der Waals surface area (Å²) in [5.74, 6) is -0.571. The molecule has 2 rings (SSSR count). The highest BCUT2D eigenvalue weighted by atomic mass is 127. The van der Waals surface area contributed by atoms with Crippen molar-refractivity contribution in [1.82, 2.24) is 4.90 Å². The first kappa shape index (κ1) is 10.9. The first-order chi connectivity index (χ1) is 7.20. The Morgan fingerprint density at radius 1 is 1.33 bits per heavy atom. The summed E-state index contributed by atoms with van der Waals surface area (Å²) in [6.45, 7) is 1.51. The average molecular weight is 319 g/mol. The third-order valence-electron chi connectivity index (χ3n) is 2.58. The highest BCUT2D eigenvalue weighted by Crippen LogP contribution is 2.19. The molecule has 0 aliphatic carbocycles. The maximum atomic E-state index is 13.7. The fraction of sp³-hybridized carbons (Fsp3) is 0.364. The number of benzene rings is 1. The molecule has 1 saturated heterocycles. The van der Waals surface area contributed by atoms with Crippen LogP contribution in [0.25, 0.3) is 0 Å². The Morgan fingerprint density at radius 2 is 2.00 bits per heavy atom. The van der Waals surface area contributed by atoms with E-state index in [0.29, 0.717) is 3.57 Å². The van der Waals surface area contributed by atoms with Gasteiger partial charge in [0.15, 0.2) is 0 Å². The molecule has 4 heteroatoms. The fourth-order valence-corrected chi connectivity index (χ4v) is 2.26. The van der Waals surface area contributed by atoms with Crippen LogP contribution in [0.15, 0.2) is 18.2 Å². The van der Waals surface area contributed by atoms with Crippen LogP contribution in [0.1, 0.15) is 23.2 Å². The topological polar surface area (TPSA) is 20.3 Å². The molecule has 0 N–H and O–H groups in total. The van der Waals surface area contributed by atoms with Crippen LogP contribution >= 0.6 is 22.6 Å². The largest absolute Gasteiger partial charge is 0.339 e. The zero-order valence-corrected chi connectivity index (χ0v) is 10.3. The molecule has 0 bridgehead atoms. The van der Waals surface area contributed by atoms with Crippen molar-refractivity contribution in [2.45, 2.75) is 12.8 Å². The number of nitrogens with zero attached hydrogens (tertiary/aromatic N) is 1. The minimum absolute atomic E-state index is 0.177. The van der Waals surface area contributed by atoms with Crippen LogP contribution in [-0.4, -0.2) is 23.9 Å². The molecule has 1 aromatic rings. The molecule has 0 spiro atoms. The Morgan fingerprint density at radius 3 is 2.67 bits per heavy atom. The van der Waals surface area contributed by atoms with Crippen LogP contribution in [0.5, 0.6) is 0 Å². The normalized spacial score (nSPS) is 15.7. The molecule has 80 valence electrons. The van der Waals surface area contributed by atoms with Gasteiger partial charge in [-0.1, -0.05) is 6.07 Å². The van der Waals surface area contributed by atoms with E-state index < -0.39 is 5.82 Å². The summed E-state index contributed by atoms with van der Waals surface area (Å²) >= 11 is 1.90. The minimum atomic E-state index is -0.394. The molecular formula is C11H11FINO. The van der Waals surface area contributed by atoms with Gasteiger partial charge in [0.25, 0.3) is 5.91 Å². The van der Waals surface area contributed by atoms with Gasteiger partial charge in [-0.25, -0.2) is 4.39 Å². The Balaban J connectivity index is 2.28. The molecule has 0 radical (unpaired) electrons. The van der Waals surface area contributed by atoms with E-state index in [2.05, 4.69) is 0 Å². The smallest absolute Gasteiger partial charge is 0.256 e. The molecule has 0 unspecified atom stereocenters. The van der Waals surface area contributed by atoms with E-state index in [4.69, 9.17) is 0 Å². The van der Waals surface area contributed by atoms with E-state index in [-0.39, 0.29) is 11.5 Å². The first-order valence-electron chi connectivity index (χ1n) is 4.93. The van der Waals surface area contributed by atoms with Gasteiger partial charge in [0.2, 0.25) is 0 Å². The predicted octanol–water partition coefficient (Wildman–Crippen LogP) is 2.67. The van der Waals surface area contributed by atoms with Gasteiger partial charge in [-0.15, -0.1) is 0 Å². The zero-order chi connectivity index (χ0) is 10.8. The molecule has 0 atom stereocenters. The first-order valence-corrected chi connectivity index (χ1v) is 6.01. The maximum Gasteiger partial charge on any atom is 0.256 e. The molecule has 15 heavy (non-hydrogen) atoms. The summed E-state index contributed by atoms with van der Waals surface area (Å²) in [6.07, 6.45) is 2.05. The summed E-state index contributed by atoms with van der Waals surface area (Å²) in [7, 11) is 0. The quantitative estimate of drug-likeness (QED) is 0.729. The third-order valence-corrected chi connectivity index (χ3v) is 3.41. The third kappa shape index (κ3) is 2.14. The van der Waals surface area contributed by atoms with Crippen molar-refractivity contribution >= 4 is 28.5 Å². The maximum absolute atomic E-state index is 13.7. The fourth-order valence-electron chi connectivity index (χ4n) is 1.76. The zero-order valence-electron chi connectivity index (χ0n) is 8.17. The number of halogens is 2. The van der Waals surface area contributed by atoms with Crippen molar-refractivity contribution in [2.75, 3.05) is 13.1 Å². The number of likely N-dealkylation sites (tertiary alicyclic amines) is 1. The Bertz CT molecular complexity index is 388. The van der Waals surface area contributed by atoms with E-state index in [1.54, 1.807) is 23.1 Å². The van der Waals surface area contributed by atoms with Crippen LogP contribution < -0.4 is 0 Å². The monoisotopic (exact) mass is 319 g/mol. The Kier molecular flexibility index (Phi) is 3.23. The van der Waals surface area contributed by atoms with E-state index in [1.807, 2.05) is 22.6 Å². The van der Waals surface area contributed by atoms with Gasteiger partial charge >= 0.3 is 0 Å². The molecular weight excluding hydrogens is 308 g/mol. The molecule has 1 fully saturated rings. The van der Waals surface area contributed by atoms with Crippen molar-refractivity contribution in [3.8, 4) is 0 Å². The van der Waals surface area contributed by atoms with Crippen molar-refractivity contribution in [2.24, 2.45) is 0 Å². The van der Waals surface area contributed by atoms with E-state index in [1.165, 1.54) is 0 Å². The Hall–Kier alpha value is -0.650. The summed E-state index contributed by atoms with van der Waals surface area (Å²) in [5.41, 5.74) is 0.198. The molecule has 0 aromatic heterocycles. The van der Waals surface area contributed by atoms with E-state index in [0.717, 1.165) is 25.9 Å². The lowest BCUT2D eigenvalue weighted by Crippen LogP contribution is -2.28. The van der Waals surface area contributed by atoms with Crippen molar-refractivity contribution < 1.29 is 9.18 Å². The van der Waals surface area contributed by atoms with Gasteiger partial charge in [0, 0.05) is 16.7 Å². The van der Waals surface area contributed by atoms with Gasteiger partial charge in [-0.05, 0) is 47.6 Å². The van der Waals surface area contributed by atoms with E-state index >= 15 is 0 Å². The highest BCUT2D eigenvalue weighted by molar-refractivity contribution is 14.1. The van der Waals surface area contributed by atoms with Crippen LogP contribution in [0.2, 0.25) is 0 Å². The molecule has 1 aliphatic rings. The number of amides is 1. The van der Waals surface area contributed by atoms with Crippen LogP contribution in [-0.2, 0) is 0 Å². The number of hydrogen-bond donors (Lipinski definition) is 0.